The van der Waals surface area contributed by atoms with Crippen molar-refractivity contribution >= 4 is 34.0 Å². The molecule has 5 nitrogen and oxygen atoms in total. The zero-order chi connectivity index (χ0) is 20.3. The summed E-state index contributed by atoms with van der Waals surface area (Å²) >= 11 is 1.50. The van der Waals surface area contributed by atoms with Crippen molar-refractivity contribution in [1.82, 2.24) is 0 Å². The highest BCUT2D eigenvalue weighted by atomic mass is 32.1. The number of anilines is 2. The molecule has 2 amide bonds. The summed E-state index contributed by atoms with van der Waals surface area (Å²) in [6.45, 7) is 6.85. The van der Waals surface area contributed by atoms with Crippen molar-refractivity contribution in [2.24, 2.45) is 11.3 Å². The first-order chi connectivity index (χ1) is 13.4. The first-order valence-electron chi connectivity index (χ1n) is 9.71. The van der Waals surface area contributed by atoms with Crippen molar-refractivity contribution < 1.29 is 14.3 Å². The summed E-state index contributed by atoms with van der Waals surface area (Å²) in [6.07, 6.45) is 3.94. The standard InChI is InChI=1S/C22H28N2O3S/c1-5-22(2,3)14-11-12-16-17(13-14)28-19(18(16)20(25)27-4)24-21(26)23-15-9-7-6-8-10-15/h6-10,14H,5,11-13H2,1-4H3,(H2,23,24,26). The molecule has 3 rings (SSSR count). The maximum absolute atomic E-state index is 12.5. The molecular weight excluding hydrogens is 372 g/mol. The van der Waals surface area contributed by atoms with E-state index < -0.39 is 0 Å². The van der Waals surface area contributed by atoms with Gasteiger partial charge in [-0.25, -0.2) is 9.59 Å². The first-order valence-corrected chi connectivity index (χ1v) is 10.5. The molecule has 0 saturated carbocycles. The normalized spacial score (nSPS) is 16.2. The van der Waals surface area contributed by atoms with Crippen molar-refractivity contribution in [2.75, 3.05) is 17.7 Å². The number of carbonyl (C=O) groups is 2. The van der Waals surface area contributed by atoms with E-state index in [1.807, 2.05) is 30.3 Å². The minimum absolute atomic E-state index is 0.255. The van der Waals surface area contributed by atoms with Crippen LogP contribution in [0.3, 0.4) is 0 Å². The molecule has 0 bridgehead atoms. The summed E-state index contributed by atoms with van der Waals surface area (Å²) in [4.78, 5) is 26.1. The van der Waals surface area contributed by atoms with Gasteiger partial charge in [0.1, 0.15) is 5.00 Å². The SMILES string of the molecule is CCC(C)(C)C1CCc2c(sc(NC(=O)Nc3ccccc3)c2C(=O)OC)C1. The van der Waals surface area contributed by atoms with E-state index in [0.717, 1.165) is 31.2 Å². The minimum atomic E-state index is -0.388. The number of hydrogen-bond acceptors (Lipinski definition) is 4. The van der Waals surface area contributed by atoms with Crippen molar-refractivity contribution in [3.63, 3.8) is 0 Å². The number of fused-ring (bicyclic) bond motifs is 1. The van der Waals surface area contributed by atoms with Gasteiger partial charge >= 0.3 is 12.0 Å². The van der Waals surface area contributed by atoms with Crippen LogP contribution in [0.2, 0.25) is 0 Å². The zero-order valence-electron chi connectivity index (χ0n) is 16.9. The smallest absolute Gasteiger partial charge is 0.341 e. The quantitative estimate of drug-likeness (QED) is 0.631. The summed E-state index contributed by atoms with van der Waals surface area (Å²) in [7, 11) is 1.38. The fourth-order valence-electron chi connectivity index (χ4n) is 3.73. The van der Waals surface area contributed by atoms with Gasteiger partial charge in [0.15, 0.2) is 0 Å². The van der Waals surface area contributed by atoms with E-state index in [1.54, 1.807) is 0 Å². The Kier molecular flexibility index (Phi) is 6.08. The number of carbonyl (C=O) groups excluding carboxylic acids is 2. The molecule has 0 aliphatic heterocycles. The Morgan fingerprint density at radius 2 is 1.93 bits per heavy atom. The van der Waals surface area contributed by atoms with E-state index in [4.69, 9.17) is 4.74 Å². The Hall–Kier alpha value is -2.34. The highest BCUT2D eigenvalue weighted by Gasteiger charge is 2.35. The van der Waals surface area contributed by atoms with Gasteiger partial charge in [-0.15, -0.1) is 11.3 Å². The lowest BCUT2D eigenvalue weighted by Gasteiger charge is -2.36. The Labute approximate surface area is 170 Å². The summed E-state index contributed by atoms with van der Waals surface area (Å²) in [5.41, 5.74) is 2.50. The highest BCUT2D eigenvalue weighted by Crippen LogP contribution is 2.45. The average Bonchev–Trinajstić information content (AvgIpc) is 3.04. The second-order valence-corrected chi connectivity index (χ2v) is 9.03. The van der Waals surface area contributed by atoms with Crippen LogP contribution >= 0.6 is 11.3 Å². The average molecular weight is 401 g/mol. The molecule has 1 unspecified atom stereocenters. The number of amides is 2. The number of benzene rings is 1. The number of rotatable bonds is 5. The molecule has 1 heterocycles. The molecule has 1 aromatic carbocycles. The summed E-state index contributed by atoms with van der Waals surface area (Å²) < 4.78 is 5.01. The van der Waals surface area contributed by atoms with E-state index >= 15 is 0 Å². The lowest BCUT2D eigenvalue weighted by atomic mass is 9.69. The third kappa shape index (κ3) is 4.22. The van der Waals surface area contributed by atoms with Crippen LogP contribution in [0.1, 0.15) is 54.4 Å². The fourth-order valence-corrected chi connectivity index (χ4v) is 5.05. The van der Waals surface area contributed by atoms with Gasteiger partial charge in [-0.05, 0) is 48.3 Å². The van der Waals surface area contributed by atoms with Gasteiger partial charge in [0.2, 0.25) is 0 Å². The largest absolute Gasteiger partial charge is 0.465 e. The number of esters is 1. The van der Waals surface area contributed by atoms with Crippen molar-refractivity contribution in [3.8, 4) is 0 Å². The number of methoxy groups -OCH3 is 1. The Morgan fingerprint density at radius 3 is 2.57 bits per heavy atom. The van der Waals surface area contributed by atoms with E-state index in [-0.39, 0.29) is 17.4 Å². The minimum Gasteiger partial charge on any atom is -0.465 e. The van der Waals surface area contributed by atoms with Gasteiger partial charge in [-0.3, -0.25) is 5.32 Å². The van der Waals surface area contributed by atoms with Crippen molar-refractivity contribution in [3.05, 3.63) is 46.3 Å². The van der Waals surface area contributed by atoms with Gasteiger partial charge in [0.05, 0.1) is 12.7 Å². The van der Waals surface area contributed by atoms with E-state index in [0.29, 0.717) is 22.2 Å². The number of nitrogens with one attached hydrogen (secondary N) is 2. The van der Waals surface area contributed by atoms with Gasteiger partial charge in [-0.1, -0.05) is 45.4 Å². The molecule has 1 aromatic heterocycles. The molecule has 1 aliphatic rings. The predicted molar refractivity (Wildman–Crippen MR) is 114 cm³/mol. The Bertz CT molecular complexity index is 858. The van der Waals surface area contributed by atoms with Crippen LogP contribution in [-0.2, 0) is 17.6 Å². The van der Waals surface area contributed by atoms with Crippen LogP contribution in [0.15, 0.2) is 30.3 Å². The third-order valence-electron chi connectivity index (χ3n) is 5.93. The first kappa shape index (κ1) is 20.4. The van der Waals surface area contributed by atoms with E-state index in [2.05, 4.69) is 31.4 Å². The van der Waals surface area contributed by atoms with Crippen LogP contribution < -0.4 is 10.6 Å². The fraction of sp³-hybridized carbons (Fsp3) is 0.455. The van der Waals surface area contributed by atoms with Gasteiger partial charge in [0.25, 0.3) is 0 Å². The summed E-state index contributed by atoms with van der Waals surface area (Å²) in [5, 5.41) is 6.24. The second kappa shape index (κ2) is 8.35. The van der Waals surface area contributed by atoms with Crippen molar-refractivity contribution in [1.29, 1.82) is 0 Å². The molecule has 1 aliphatic carbocycles. The molecule has 150 valence electrons. The Balaban J connectivity index is 1.85. The van der Waals surface area contributed by atoms with Crippen molar-refractivity contribution in [2.45, 2.75) is 46.5 Å². The number of urea groups is 1. The van der Waals surface area contributed by atoms with E-state index in [9.17, 15) is 9.59 Å². The maximum Gasteiger partial charge on any atom is 0.341 e. The third-order valence-corrected chi connectivity index (χ3v) is 7.10. The molecule has 0 saturated heterocycles. The number of para-hydroxylation sites is 1. The molecule has 6 heteroatoms. The number of hydrogen-bond donors (Lipinski definition) is 2. The van der Waals surface area contributed by atoms with Crippen LogP contribution in [0.25, 0.3) is 0 Å². The molecular formula is C22H28N2O3S. The summed E-state index contributed by atoms with van der Waals surface area (Å²) in [6, 6.07) is 8.87. The monoisotopic (exact) mass is 400 g/mol. The molecule has 1 atom stereocenters. The summed E-state index contributed by atoms with van der Waals surface area (Å²) in [5.74, 6) is 0.181. The predicted octanol–water partition coefficient (Wildman–Crippen LogP) is 5.72. The lowest BCUT2D eigenvalue weighted by molar-refractivity contribution is 0.0600. The number of ether oxygens (including phenoxy) is 1. The highest BCUT2D eigenvalue weighted by molar-refractivity contribution is 7.17. The van der Waals surface area contributed by atoms with Crippen LogP contribution in [0.4, 0.5) is 15.5 Å². The molecule has 0 spiro atoms. The van der Waals surface area contributed by atoms with Gasteiger partial charge < -0.3 is 10.1 Å². The topological polar surface area (TPSA) is 67.4 Å². The van der Waals surface area contributed by atoms with Crippen LogP contribution in [0, 0.1) is 11.3 Å². The molecule has 2 N–H and O–H groups in total. The van der Waals surface area contributed by atoms with Gasteiger partial charge in [0, 0.05) is 10.6 Å². The Morgan fingerprint density at radius 1 is 1.21 bits per heavy atom. The lowest BCUT2D eigenvalue weighted by Crippen LogP contribution is -2.28. The number of thiophene rings is 1. The zero-order valence-corrected chi connectivity index (χ0v) is 17.7. The molecule has 0 fully saturated rings. The van der Waals surface area contributed by atoms with Gasteiger partial charge in [-0.2, -0.15) is 0 Å². The van der Waals surface area contributed by atoms with Crippen LogP contribution in [0.5, 0.6) is 0 Å². The van der Waals surface area contributed by atoms with Crippen LogP contribution in [-0.4, -0.2) is 19.1 Å². The molecule has 2 aromatic rings. The van der Waals surface area contributed by atoms with E-state index in [1.165, 1.54) is 23.3 Å². The second-order valence-electron chi connectivity index (χ2n) is 7.93. The molecule has 28 heavy (non-hydrogen) atoms. The maximum atomic E-state index is 12.5. The molecule has 0 radical (unpaired) electrons.